The Morgan fingerprint density at radius 2 is 1.86 bits per heavy atom. The number of rotatable bonds is 8. The highest BCUT2D eigenvalue weighted by molar-refractivity contribution is 5.70. The summed E-state index contributed by atoms with van der Waals surface area (Å²) >= 11 is 0. The third-order valence-electron chi connectivity index (χ3n) is 3.67. The number of anilines is 2. The van der Waals surface area contributed by atoms with Gasteiger partial charge in [0.2, 0.25) is 0 Å². The molecule has 2 aromatic rings. The second-order valence-electron chi connectivity index (χ2n) is 6.36. The van der Waals surface area contributed by atoms with E-state index in [0.29, 0.717) is 24.0 Å². The Hall–Kier alpha value is -2.85. The fourth-order valence-corrected chi connectivity index (χ4v) is 2.42. The Balaban J connectivity index is 2.08. The number of likely N-dealkylation sites (N-methyl/N-ethyl adjacent to an activating group) is 1. The van der Waals surface area contributed by atoms with Gasteiger partial charge in [0.25, 0.3) is 5.69 Å². The maximum absolute atomic E-state index is 12.8. The summed E-state index contributed by atoms with van der Waals surface area (Å²) in [4.78, 5) is 12.1. The summed E-state index contributed by atoms with van der Waals surface area (Å²) in [6.45, 7) is 0.534. The van der Waals surface area contributed by atoms with Crippen molar-refractivity contribution in [1.82, 2.24) is 4.90 Å². The van der Waals surface area contributed by atoms with Crippen LogP contribution in [0.3, 0.4) is 0 Å². The lowest BCUT2D eigenvalue weighted by molar-refractivity contribution is -0.384. The molecule has 0 saturated heterocycles. The van der Waals surface area contributed by atoms with Crippen molar-refractivity contribution in [3.8, 4) is 5.75 Å². The van der Waals surface area contributed by atoms with Crippen LogP contribution in [0, 0.1) is 10.1 Å². The van der Waals surface area contributed by atoms with Crippen molar-refractivity contribution in [3.05, 3.63) is 58.1 Å². The molecule has 0 aliphatic carbocycles. The van der Waals surface area contributed by atoms with Crippen LogP contribution in [0.15, 0.2) is 42.5 Å². The van der Waals surface area contributed by atoms with Gasteiger partial charge in [-0.05, 0) is 50.5 Å². The number of aliphatic hydroxyl groups excluding tert-OH is 1. The lowest BCUT2D eigenvalue weighted by Gasteiger charge is -2.16. The molecule has 0 saturated carbocycles. The fraction of sp³-hybridized carbons (Fsp3) is 0.333. The van der Waals surface area contributed by atoms with Crippen LogP contribution >= 0.6 is 0 Å². The van der Waals surface area contributed by atoms with E-state index in [1.54, 1.807) is 24.3 Å². The molecule has 0 fully saturated rings. The molecule has 0 heterocycles. The monoisotopic (exact) mass is 399 g/mol. The minimum atomic E-state index is -4.67. The standard InChI is InChI=1S/C18H20F3N3O4/c1-23(2)10-14(25)11-28-15-6-4-13(5-7-15)22-16-8-3-12(18(19,20)21)9-17(16)24(26)27/h3-9,14,22,25H,10-11H2,1-2H3. The molecule has 2 aromatic carbocycles. The van der Waals surface area contributed by atoms with Crippen molar-refractivity contribution >= 4 is 17.1 Å². The molecule has 152 valence electrons. The van der Waals surface area contributed by atoms with Gasteiger partial charge in [0.05, 0.1) is 10.5 Å². The van der Waals surface area contributed by atoms with E-state index in [4.69, 9.17) is 4.74 Å². The summed E-state index contributed by atoms with van der Waals surface area (Å²) in [6.07, 6.45) is -5.33. The second-order valence-corrected chi connectivity index (χ2v) is 6.36. The minimum absolute atomic E-state index is 0.0620. The van der Waals surface area contributed by atoms with Crippen molar-refractivity contribution in [2.24, 2.45) is 0 Å². The van der Waals surface area contributed by atoms with Crippen LogP contribution < -0.4 is 10.1 Å². The molecule has 0 aromatic heterocycles. The van der Waals surface area contributed by atoms with Gasteiger partial charge >= 0.3 is 6.18 Å². The third kappa shape index (κ3) is 6.10. The van der Waals surface area contributed by atoms with Gasteiger partial charge < -0.3 is 20.1 Å². The zero-order valence-electron chi connectivity index (χ0n) is 15.2. The zero-order chi connectivity index (χ0) is 20.9. The largest absolute Gasteiger partial charge is 0.491 e. The first-order valence-electron chi connectivity index (χ1n) is 8.24. The van der Waals surface area contributed by atoms with E-state index in [1.165, 1.54) is 0 Å². The van der Waals surface area contributed by atoms with Crippen molar-refractivity contribution in [1.29, 1.82) is 0 Å². The molecule has 0 aliphatic heterocycles. The van der Waals surface area contributed by atoms with E-state index in [-0.39, 0.29) is 12.3 Å². The molecular formula is C18H20F3N3O4. The molecule has 2 rings (SSSR count). The van der Waals surface area contributed by atoms with Crippen LogP contribution in [0.1, 0.15) is 5.56 Å². The molecule has 0 bridgehead atoms. The number of halogens is 3. The summed E-state index contributed by atoms with van der Waals surface area (Å²) in [7, 11) is 3.65. The number of nitrogens with one attached hydrogen (secondary N) is 1. The third-order valence-corrected chi connectivity index (χ3v) is 3.67. The van der Waals surface area contributed by atoms with E-state index in [2.05, 4.69) is 5.32 Å². The fourth-order valence-electron chi connectivity index (χ4n) is 2.42. The highest BCUT2D eigenvalue weighted by Crippen LogP contribution is 2.36. The van der Waals surface area contributed by atoms with Gasteiger partial charge in [-0.25, -0.2) is 0 Å². The van der Waals surface area contributed by atoms with Crippen LogP contribution in [-0.2, 0) is 6.18 Å². The van der Waals surface area contributed by atoms with Crippen LogP contribution in [0.2, 0.25) is 0 Å². The molecule has 0 amide bonds. The Morgan fingerprint density at radius 3 is 2.39 bits per heavy atom. The number of hydrogen-bond acceptors (Lipinski definition) is 6. The summed E-state index contributed by atoms with van der Waals surface area (Å²) in [6, 6.07) is 8.58. The van der Waals surface area contributed by atoms with Gasteiger partial charge in [0, 0.05) is 18.3 Å². The number of hydrogen-bond donors (Lipinski definition) is 2. The predicted molar refractivity (Wildman–Crippen MR) is 97.9 cm³/mol. The highest BCUT2D eigenvalue weighted by Gasteiger charge is 2.33. The van der Waals surface area contributed by atoms with E-state index < -0.39 is 28.5 Å². The number of aliphatic hydroxyl groups is 1. The SMILES string of the molecule is CN(C)CC(O)COc1ccc(Nc2ccc(C(F)(F)F)cc2[N+](=O)[O-])cc1. The average molecular weight is 399 g/mol. The molecule has 1 atom stereocenters. The molecule has 10 heteroatoms. The van der Waals surface area contributed by atoms with E-state index in [9.17, 15) is 28.4 Å². The average Bonchev–Trinajstić information content (AvgIpc) is 2.59. The first-order valence-corrected chi connectivity index (χ1v) is 8.24. The smallest absolute Gasteiger partial charge is 0.416 e. The number of alkyl halides is 3. The maximum Gasteiger partial charge on any atom is 0.416 e. The van der Waals surface area contributed by atoms with Crippen LogP contribution in [0.4, 0.5) is 30.2 Å². The molecule has 0 aliphatic rings. The predicted octanol–water partition coefficient (Wildman–Crippen LogP) is 3.66. The first kappa shape index (κ1) is 21.5. The van der Waals surface area contributed by atoms with E-state index >= 15 is 0 Å². The molecule has 2 N–H and O–H groups in total. The lowest BCUT2D eigenvalue weighted by Crippen LogP contribution is -2.30. The molecule has 1 unspecified atom stereocenters. The molecule has 7 nitrogen and oxygen atoms in total. The highest BCUT2D eigenvalue weighted by atomic mass is 19.4. The Bertz CT molecular complexity index is 811. The quantitative estimate of drug-likeness (QED) is 0.520. The van der Waals surface area contributed by atoms with Crippen LogP contribution in [0.5, 0.6) is 5.75 Å². The normalized spacial score (nSPS) is 12.7. The van der Waals surface area contributed by atoms with Gasteiger partial charge in [0.1, 0.15) is 24.1 Å². The molecule has 28 heavy (non-hydrogen) atoms. The van der Waals surface area contributed by atoms with Crippen molar-refractivity contribution < 1.29 is 27.9 Å². The van der Waals surface area contributed by atoms with Gasteiger partial charge in [-0.1, -0.05) is 0 Å². The molecule has 0 spiro atoms. The Labute approximate surface area is 159 Å². The van der Waals surface area contributed by atoms with Gasteiger partial charge in [0.15, 0.2) is 0 Å². The van der Waals surface area contributed by atoms with Crippen LogP contribution in [-0.4, -0.2) is 48.3 Å². The topological polar surface area (TPSA) is 87.9 Å². The van der Waals surface area contributed by atoms with Crippen molar-refractivity contribution in [2.45, 2.75) is 12.3 Å². The Morgan fingerprint density at radius 1 is 1.21 bits per heavy atom. The summed E-state index contributed by atoms with van der Waals surface area (Å²) in [5.74, 6) is 0.477. The number of benzene rings is 2. The second kappa shape index (κ2) is 8.89. The number of nitro groups is 1. The molecule has 0 radical (unpaired) electrons. The summed E-state index contributed by atoms with van der Waals surface area (Å²) in [5.41, 5.74) is -1.40. The summed E-state index contributed by atoms with van der Waals surface area (Å²) < 4.78 is 43.7. The van der Waals surface area contributed by atoms with Crippen LogP contribution in [0.25, 0.3) is 0 Å². The number of ether oxygens (including phenoxy) is 1. The first-order chi connectivity index (χ1) is 13.1. The minimum Gasteiger partial charge on any atom is -0.491 e. The Kier molecular flexibility index (Phi) is 6.81. The van der Waals surface area contributed by atoms with Gasteiger partial charge in [-0.2, -0.15) is 13.2 Å². The van der Waals surface area contributed by atoms with Crippen molar-refractivity contribution in [2.75, 3.05) is 32.6 Å². The maximum atomic E-state index is 12.8. The zero-order valence-corrected chi connectivity index (χ0v) is 15.2. The van der Waals surface area contributed by atoms with Crippen molar-refractivity contribution in [3.63, 3.8) is 0 Å². The summed E-state index contributed by atoms with van der Waals surface area (Å²) in [5, 5.41) is 23.6. The van der Waals surface area contributed by atoms with E-state index in [0.717, 1.165) is 12.1 Å². The van der Waals surface area contributed by atoms with Gasteiger partial charge in [-0.15, -0.1) is 0 Å². The number of nitrogens with zero attached hydrogens (tertiary/aromatic N) is 2. The molecular weight excluding hydrogens is 379 g/mol. The lowest BCUT2D eigenvalue weighted by atomic mass is 10.1. The van der Waals surface area contributed by atoms with Gasteiger partial charge in [-0.3, -0.25) is 10.1 Å². The van der Waals surface area contributed by atoms with E-state index in [1.807, 2.05) is 19.0 Å². The number of nitro benzene ring substituents is 1.